The van der Waals surface area contributed by atoms with E-state index in [0.29, 0.717) is 5.33 Å². The standard InChI is InChI=1S/C6H6BrNO.BrH/c7-3-5-4-8-2-1-6(5)9;/h1-2,4H,3H2,(H,8,9);1H. The van der Waals surface area contributed by atoms with Crippen LogP contribution in [0.3, 0.4) is 0 Å². The zero-order valence-corrected chi connectivity index (χ0v) is 8.43. The lowest BCUT2D eigenvalue weighted by Gasteiger charge is -1.88. The van der Waals surface area contributed by atoms with Crippen LogP contribution in [0.2, 0.25) is 0 Å². The van der Waals surface area contributed by atoms with Crippen molar-refractivity contribution in [2.45, 2.75) is 5.33 Å². The van der Waals surface area contributed by atoms with Crippen LogP contribution in [0.5, 0.6) is 0 Å². The van der Waals surface area contributed by atoms with Crippen molar-refractivity contribution in [1.29, 1.82) is 0 Å². The lowest BCUT2D eigenvalue weighted by atomic mass is 10.3. The van der Waals surface area contributed by atoms with E-state index in [1.165, 1.54) is 6.07 Å². The summed E-state index contributed by atoms with van der Waals surface area (Å²) in [7, 11) is 0. The zero-order chi connectivity index (χ0) is 6.69. The van der Waals surface area contributed by atoms with Gasteiger partial charge in [-0.15, -0.1) is 17.0 Å². The first kappa shape index (κ1) is 9.91. The summed E-state index contributed by atoms with van der Waals surface area (Å²) in [5, 5.41) is 0.614. The Kier molecular flexibility index (Phi) is 4.64. The largest absolute Gasteiger partial charge is 0.367 e. The molecule has 4 heteroatoms. The Balaban J connectivity index is 0.000000810. The molecule has 0 atom stereocenters. The second kappa shape index (κ2) is 4.68. The molecule has 0 aromatic carbocycles. The highest BCUT2D eigenvalue weighted by molar-refractivity contribution is 9.08. The molecule has 10 heavy (non-hydrogen) atoms. The number of aromatic amines is 1. The van der Waals surface area contributed by atoms with Crippen molar-refractivity contribution in [2.24, 2.45) is 0 Å². The van der Waals surface area contributed by atoms with Crippen LogP contribution in [0, 0.1) is 0 Å². The van der Waals surface area contributed by atoms with E-state index in [0.717, 1.165) is 5.56 Å². The van der Waals surface area contributed by atoms with Gasteiger partial charge in [0.25, 0.3) is 0 Å². The van der Waals surface area contributed by atoms with E-state index in [1.807, 2.05) is 0 Å². The van der Waals surface area contributed by atoms with Crippen molar-refractivity contribution in [1.82, 2.24) is 4.98 Å². The van der Waals surface area contributed by atoms with E-state index in [-0.39, 0.29) is 22.4 Å². The molecule has 0 bridgehead atoms. The first-order valence-electron chi connectivity index (χ1n) is 2.56. The van der Waals surface area contributed by atoms with Crippen molar-refractivity contribution in [3.05, 3.63) is 34.2 Å². The first-order chi connectivity index (χ1) is 4.34. The average molecular weight is 269 g/mol. The van der Waals surface area contributed by atoms with Crippen LogP contribution in [-0.2, 0) is 5.33 Å². The summed E-state index contributed by atoms with van der Waals surface area (Å²) >= 11 is 3.19. The highest BCUT2D eigenvalue weighted by atomic mass is 79.9. The van der Waals surface area contributed by atoms with Crippen LogP contribution in [-0.4, -0.2) is 4.98 Å². The van der Waals surface area contributed by atoms with Crippen molar-refractivity contribution >= 4 is 32.9 Å². The summed E-state index contributed by atoms with van der Waals surface area (Å²) in [6.07, 6.45) is 3.31. The van der Waals surface area contributed by atoms with Crippen molar-refractivity contribution in [2.75, 3.05) is 0 Å². The van der Waals surface area contributed by atoms with Crippen molar-refractivity contribution in [3.63, 3.8) is 0 Å². The third-order valence-corrected chi connectivity index (χ3v) is 1.65. The van der Waals surface area contributed by atoms with Gasteiger partial charge in [-0.05, 0) is 0 Å². The summed E-state index contributed by atoms with van der Waals surface area (Å²) in [5.41, 5.74) is 0.836. The van der Waals surface area contributed by atoms with Gasteiger partial charge in [-0.25, -0.2) is 0 Å². The zero-order valence-electron chi connectivity index (χ0n) is 5.13. The van der Waals surface area contributed by atoms with Gasteiger partial charge in [0.2, 0.25) is 0 Å². The van der Waals surface area contributed by atoms with Gasteiger partial charge in [-0.1, -0.05) is 15.9 Å². The lowest BCUT2D eigenvalue weighted by Crippen LogP contribution is -2.04. The fourth-order valence-electron chi connectivity index (χ4n) is 0.555. The Bertz CT molecular complexity index is 246. The lowest BCUT2D eigenvalue weighted by molar-refractivity contribution is 1.22. The summed E-state index contributed by atoms with van der Waals surface area (Å²) < 4.78 is 0. The SMILES string of the molecule is Br.O=c1cc[nH]cc1CBr. The van der Waals surface area contributed by atoms with Gasteiger partial charge in [-0.3, -0.25) is 4.79 Å². The van der Waals surface area contributed by atoms with Gasteiger partial charge in [-0.2, -0.15) is 0 Å². The summed E-state index contributed by atoms with van der Waals surface area (Å²) in [5.74, 6) is 0. The molecule has 1 rings (SSSR count). The van der Waals surface area contributed by atoms with Crippen LogP contribution >= 0.6 is 32.9 Å². The molecular weight excluding hydrogens is 262 g/mol. The predicted molar refractivity (Wildman–Crippen MR) is 50.0 cm³/mol. The van der Waals surface area contributed by atoms with Crippen LogP contribution < -0.4 is 5.43 Å². The molecule has 2 nitrogen and oxygen atoms in total. The van der Waals surface area contributed by atoms with Crippen molar-refractivity contribution in [3.8, 4) is 0 Å². The van der Waals surface area contributed by atoms with Gasteiger partial charge < -0.3 is 4.98 Å². The molecule has 1 aromatic heterocycles. The molecule has 0 amide bonds. The molecule has 1 N–H and O–H groups in total. The van der Waals surface area contributed by atoms with Crippen LogP contribution in [0.4, 0.5) is 0 Å². The van der Waals surface area contributed by atoms with Gasteiger partial charge in [0.15, 0.2) is 5.43 Å². The molecular formula is C6H7Br2NO. The van der Waals surface area contributed by atoms with E-state index in [1.54, 1.807) is 12.4 Å². The number of halogens is 2. The molecule has 1 heterocycles. The summed E-state index contributed by atoms with van der Waals surface area (Å²) in [6.45, 7) is 0. The summed E-state index contributed by atoms with van der Waals surface area (Å²) in [6, 6.07) is 1.51. The van der Waals surface area contributed by atoms with Crippen LogP contribution in [0.15, 0.2) is 23.3 Å². The van der Waals surface area contributed by atoms with Gasteiger partial charge in [0, 0.05) is 29.4 Å². The van der Waals surface area contributed by atoms with E-state index in [2.05, 4.69) is 20.9 Å². The van der Waals surface area contributed by atoms with E-state index in [9.17, 15) is 4.79 Å². The molecule has 0 aliphatic heterocycles. The number of H-pyrrole nitrogens is 1. The fourth-order valence-corrected chi connectivity index (χ4v) is 0.993. The highest BCUT2D eigenvalue weighted by Gasteiger charge is 1.91. The fraction of sp³-hybridized carbons (Fsp3) is 0.167. The molecule has 0 aliphatic carbocycles. The molecule has 0 unspecified atom stereocenters. The van der Waals surface area contributed by atoms with E-state index in [4.69, 9.17) is 0 Å². The van der Waals surface area contributed by atoms with Gasteiger partial charge >= 0.3 is 0 Å². The maximum absolute atomic E-state index is 10.8. The van der Waals surface area contributed by atoms with E-state index < -0.39 is 0 Å². The molecule has 0 saturated heterocycles. The van der Waals surface area contributed by atoms with Crippen molar-refractivity contribution < 1.29 is 0 Å². The molecule has 0 spiro atoms. The Morgan fingerprint density at radius 3 is 2.70 bits per heavy atom. The minimum atomic E-state index is 0. The highest BCUT2D eigenvalue weighted by Crippen LogP contribution is 1.94. The normalized spacial score (nSPS) is 8.50. The number of rotatable bonds is 1. The average Bonchev–Trinajstić information content (AvgIpc) is 1.89. The quantitative estimate of drug-likeness (QED) is 0.775. The molecule has 0 radical (unpaired) electrons. The molecule has 56 valence electrons. The number of nitrogens with one attached hydrogen (secondary N) is 1. The monoisotopic (exact) mass is 267 g/mol. The third kappa shape index (κ3) is 2.27. The van der Waals surface area contributed by atoms with Crippen LogP contribution in [0.1, 0.15) is 5.56 Å². The van der Waals surface area contributed by atoms with E-state index >= 15 is 0 Å². The first-order valence-corrected chi connectivity index (χ1v) is 3.68. The third-order valence-electron chi connectivity index (χ3n) is 1.05. The predicted octanol–water partition coefficient (Wildman–Crippen LogP) is 1.85. The van der Waals surface area contributed by atoms with Gasteiger partial charge in [0.1, 0.15) is 0 Å². The van der Waals surface area contributed by atoms with Crippen LogP contribution in [0.25, 0.3) is 0 Å². The Morgan fingerprint density at radius 2 is 2.30 bits per heavy atom. The number of pyridine rings is 1. The molecule has 0 fully saturated rings. The molecule has 0 saturated carbocycles. The number of hydrogen-bond acceptors (Lipinski definition) is 1. The van der Waals surface area contributed by atoms with Gasteiger partial charge in [0.05, 0.1) is 0 Å². The minimum absolute atomic E-state index is 0. The number of alkyl halides is 1. The number of aromatic nitrogens is 1. The Hall–Kier alpha value is -0.0900. The maximum atomic E-state index is 10.8. The number of hydrogen-bond donors (Lipinski definition) is 1. The second-order valence-electron chi connectivity index (χ2n) is 1.67. The minimum Gasteiger partial charge on any atom is -0.367 e. The Labute approximate surface area is 77.6 Å². The maximum Gasteiger partial charge on any atom is 0.185 e. The smallest absolute Gasteiger partial charge is 0.185 e. The second-order valence-corrected chi connectivity index (χ2v) is 2.23. The molecule has 0 aliphatic rings. The molecule has 1 aromatic rings. The summed E-state index contributed by atoms with van der Waals surface area (Å²) in [4.78, 5) is 13.6. The topological polar surface area (TPSA) is 32.9 Å². The Morgan fingerprint density at radius 1 is 1.60 bits per heavy atom.